The molecule has 3 heterocycles. The van der Waals surface area contributed by atoms with Crippen molar-refractivity contribution < 1.29 is 4.79 Å². The normalized spacial score (nSPS) is 15.0. The van der Waals surface area contributed by atoms with Crippen molar-refractivity contribution in [2.45, 2.75) is 32.2 Å². The average Bonchev–Trinajstić information content (AvgIpc) is 2.90. The molecule has 0 aromatic carbocycles. The van der Waals surface area contributed by atoms with E-state index < -0.39 is 0 Å². The third-order valence-corrected chi connectivity index (χ3v) is 3.97. The number of pyridine rings is 1. The summed E-state index contributed by atoms with van der Waals surface area (Å²) in [5.74, 6) is 0.548. The van der Waals surface area contributed by atoms with Crippen molar-refractivity contribution >= 4 is 11.9 Å². The van der Waals surface area contributed by atoms with Crippen LogP contribution in [0.4, 0.5) is 5.95 Å². The Bertz CT molecular complexity index is 621. The van der Waals surface area contributed by atoms with Gasteiger partial charge >= 0.3 is 0 Å². The lowest BCUT2D eigenvalue weighted by Crippen LogP contribution is -2.27. The Hall–Kier alpha value is -2.50. The smallest absolute Gasteiger partial charge is 0.254 e. The summed E-state index contributed by atoms with van der Waals surface area (Å²) in [6, 6.07) is 3.77. The fourth-order valence-corrected chi connectivity index (χ4v) is 2.66. The zero-order valence-corrected chi connectivity index (χ0v) is 13.1. The first-order valence-corrected chi connectivity index (χ1v) is 8.07. The highest BCUT2D eigenvalue weighted by atomic mass is 16.1. The fraction of sp³-hybridized carbons (Fsp3) is 0.412. The highest BCUT2D eigenvalue weighted by Gasteiger charge is 2.13. The minimum absolute atomic E-state index is 0.170. The molecule has 120 valence electrons. The number of anilines is 1. The van der Waals surface area contributed by atoms with Crippen molar-refractivity contribution in [3.8, 4) is 0 Å². The Morgan fingerprint density at radius 1 is 1.09 bits per heavy atom. The van der Waals surface area contributed by atoms with Gasteiger partial charge in [0.1, 0.15) is 0 Å². The van der Waals surface area contributed by atoms with Crippen molar-refractivity contribution in [1.82, 2.24) is 20.3 Å². The number of nitrogens with zero attached hydrogens (tertiary/aromatic N) is 4. The zero-order chi connectivity index (χ0) is 15.9. The Balaban J connectivity index is 1.58. The minimum Gasteiger partial charge on any atom is -0.348 e. The molecule has 2 aromatic heterocycles. The van der Waals surface area contributed by atoms with E-state index >= 15 is 0 Å². The number of rotatable bonds is 4. The van der Waals surface area contributed by atoms with E-state index in [9.17, 15) is 4.79 Å². The summed E-state index contributed by atoms with van der Waals surface area (Å²) >= 11 is 0. The summed E-state index contributed by atoms with van der Waals surface area (Å²) in [6.45, 7) is 2.43. The molecule has 0 radical (unpaired) electrons. The Morgan fingerprint density at radius 3 is 2.48 bits per heavy atom. The van der Waals surface area contributed by atoms with Gasteiger partial charge in [-0.05, 0) is 24.5 Å². The monoisotopic (exact) mass is 311 g/mol. The molecule has 2 aromatic rings. The molecule has 1 saturated heterocycles. The molecule has 6 nitrogen and oxygen atoms in total. The van der Waals surface area contributed by atoms with Gasteiger partial charge in [0.15, 0.2) is 0 Å². The Labute approximate surface area is 136 Å². The van der Waals surface area contributed by atoms with Crippen LogP contribution >= 0.6 is 0 Å². The van der Waals surface area contributed by atoms with E-state index in [1.807, 2.05) is 12.1 Å². The maximum Gasteiger partial charge on any atom is 0.254 e. The molecule has 1 fully saturated rings. The maximum atomic E-state index is 12.1. The van der Waals surface area contributed by atoms with E-state index in [0.29, 0.717) is 12.1 Å². The third kappa shape index (κ3) is 4.25. The lowest BCUT2D eigenvalue weighted by atomic mass is 10.2. The highest BCUT2D eigenvalue weighted by molar-refractivity contribution is 5.93. The molecule has 0 atom stereocenters. The van der Waals surface area contributed by atoms with Crippen LogP contribution in [0.15, 0.2) is 36.9 Å². The second-order valence-corrected chi connectivity index (χ2v) is 5.72. The van der Waals surface area contributed by atoms with Crippen LogP contribution in [-0.2, 0) is 6.54 Å². The number of nitrogens with one attached hydrogen (secondary N) is 1. The molecule has 6 heteroatoms. The highest BCUT2D eigenvalue weighted by Crippen LogP contribution is 2.15. The second kappa shape index (κ2) is 7.67. The van der Waals surface area contributed by atoms with Crippen LogP contribution < -0.4 is 10.2 Å². The first kappa shape index (κ1) is 15.4. The van der Waals surface area contributed by atoms with Gasteiger partial charge in [-0.1, -0.05) is 18.9 Å². The summed E-state index contributed by atoms with van der Waals surface area (Å²) in [5.41, 5.74) is 1.44. The fourth-order valence-electron chi connectivity index (χ4n) is 2.66. The summed E-state index contributed by atoms with van der Waals surface area (Å²) in [4.78, 5) is 27.1. The van der Waals surface area contributed by atoms with Crippen LogP contribution in [0.3, 0.4) is 0 Å². The van der Waals surface area contributed by atoms with Crippen LogP contribution in [0.25, 0.3) is 0 Å². The van der Waals surface area contributed by atoms with E-state index in [0.717, 1.165) is 24.6 Å². The predicted molar refractivity (Wildman–Crippen MR) is 88.1 cm³/mol. The van der Waals surface area contributed by atoms with Crippen molar-refractivity contribution in [2.75, 3.05) is 18.0 Å². The topological polar surface area (TPSA) is 71.0 Å². The molecular formula is C17H21N5O. The van der Waals surface area contributed by atoms with Crippen LogP contribution in [0.1, 0.15) is 41.6 Å². The number of hydrogen-bond donors (Lipinski definition) is 1. The van der Waals surface area contributed by atoms with E-state index in [4.69, 9.17) is 0 Å². The molecule has 1 amide bonds. The number of carbonyl (C=O) groups is 1. The summed E-state index contributed by atoms with van der Waals surface area (Å²) in [7, 11) is 0. The van der Waals surface area contributed by atoms with Gasteiger partial charge in [-0.3, -0.25) is 9.78 Å². The van der Waals surface area contributed by atoms with Gasteiger partial charge in [0.05, 0.1) is 5.56 Å². The molecule has 3 rings (SSSR count). The van der Waals surface area contributed by atoms with E-state index in [1.165, 1.54) is 25.7 Å². The van der Waals surface area contributed by atoms with E-state index in [2.05, 4.69) is 25.2 Å². The lowest BCUT2D eigenvalue weighted by Gasteiger charge is -2.19. The molecule has 23 heavy (non-hydrogen) atoms. The SMILES string of the molecule is O=C(NCc1cccnc1)c1cnc(N2CCCCCC2)nc1. The van der Waals surface area contributed by atoms with E-state index in [1.54, 1.807) is 24.8 Å². The summed E-state index contributed by atoms with van der Waals surface area (Å²) in [6.07, 6.45) is 11.5. The first-order valence-electron chi connectivity index (χ1n) is 8.07. The van der Waals surface area contributed by atoms with Gasteiger partial charge < -0.3 is 10.2 Å². The van der Waals surface area contributed by atoms with Gasteiger partial charge in [0.25, 0.3) is 5.91 Å². The third-order valence-electron chi connectivity index (χ3n) is 3.97. The van der Waals surface area contributed by atoms with Crippen LogP contribution in [0, 0.1) is 0 Å². The number of hydrogen-bond acceptors (Lipinski definition) is 5. The minimum atomic E-state index is -0.170. The predicted octanol–water partition coefficient (Wildman–Crippen LogP) is 2.18. The Morgan fingerprint density at radius 2 is 1.83 bits per heavy atom. The molecule has 1 aliphatic heterocycles. The molecule has 0 unspecified atom stereocenters. The largest absolute Gasteiger partial charge is 0.348 e. The zero-order valence-electron chi connectivity index (χ0n) is 13.1. The molecule has 0 aliphatic carbocycles. The lowest BCUT2D eigenvalue weighted by molar-refractivity contribution is 0.0950. The van der Waals surface area contributed by atoms with Gasteiger partial charge in [0.2, 0.25) is 5.95 Å². The second-order valence-electron chi connectivity index (χ2n) is 5.72. The maximum absolute atomic E-state index is 12.1. The van der Waals surface area contributed by atoms with Crippen molar-refractivity contribution in [1.29, 1.82) is 0 Å². The van der Waals surface area contributed by atoms with Crippen LogP contribution in [-0.4, -0.2) is 33.9 Å². The van der Waals surface area contributed by atoms with Gasteiger partial charge in [-0.2, -0.15) is 0 Å². The molecule has 0 saturated carbocycles. The van der Waals surface area contributed by atoms with Crippen LogP contribution in [0.5, 0.6) is 0 Å². The van der Waals surface area contributed by atoms with Gasteiger partial charge in [-0.15, -0.1) is 0 Å². The summed E-state index contributed by atoms with van der Waals surface area (Å²) < 4.78 is 0. The Kier molecular flexibility index (Phi) is 5.13. The van der Waals surface area contributed by atoms with Crippen molar-refractivity contribution in [3.05, 3.63) is 48.0 Å². The van der Waals surface area contributed by atoms with Crippen molar-refractivity contribution in [2.24, 2.45) is 0 Å². The molecule has 0 spiro atoms. The quantitative estimate of drug-likeness (QED) is 0.937. The number of carbonyl (C=O) groups excluding carboxylic acids is 1. The molecule has 0 bridgehead atoms. The number of aromatic nitrogens is 3. The van der Waals surface area contributed by atoms with Gasteiger partial charge in [0, 0.05) is 44.4 Å². The van der Waals surface area contributed by atoms with E-state index in [-0.39, 0.29) is 5.91 Å². The molecular weight excluding hydrogens is 290 g/mol. The van der Waals surface area contributed by atoms with Crippen molar-refractivity contribution in [3.63, 3.8) is 0 Å². The first-order chi connectivity index (χ1) is 11.3. The molecule has 1 N–H and O–H groups in total. The standard InChI is InChI=1S/C17H21N5O/c23-16(19-11-14-6-5-7-18-10-14)15-12-20-17(21-13-15)22-8-3-1-2-4-9-22/h5-7,10,12-13H,1-4,8-9,11H2,(H,19,23). The van der Waals surface area contributed by atoms with Crippen LogP contribution in [0.2, 0.25) is 0 Å². The summed E-state index contributed by atoms with van der Waals surface area (Å²) in [5, 5.41) is 2.85. The average molecular weight is 311 g/mol. The van der Waals surface area contributed by atoms with Gasteiger partial charge in [-0.25, -0.2) is 9.97 Å². The molecule has 1 aliphatic rings. The number of amides is 1.